The number of nitrogens with two attached hydrogens (primary N) is 1. The van der Waals surface area contributed by atoms with Crippen LogP contribution in [0.3, 0.4) is 0 Å². The third-order valence-electron chi connectivity index (χ3n) is 2.84. The minimum absolute atomic E-state index is 0.0605. The molecule has 2 rings (SSSR count). The average Bonchev–Trinajstić information content (AvgIpc) is 2.46. The quantitative estimate of drug-likeness (QED) is 0.848. The van der Waals surface area contributed by atoms with Crippen LogP contribution in [0.15, 0.2) is 30.3 Å². The number of anilines is 2. The van der Waals surface area contributed by atoms with Crippen LogP contribution in [0.25, 0.3) is 0 Å². The lowest BCUT2D eigenvalue weighted by Gasteiger charge is -2.16. The monoisotopic (exact) mass is 288 g/mol. The number of hydrogen-bond acceptors (Lipinski definition) is 6. The summed E-state index contributed by atoms with van der Waals surface area (Å²) in [6.07, 6.45) is 0. The molecular weight excluding hydrogens is 268 g/mol. The standard InChI is InChI=1S/C15H20N4O2/c1-10-4-6-12(7-5-10)21-9-11(2)17-13-8-14(20-3)19-15(16)18-13/h4-8,11H,9H2,1-3H3,(H3,16,17,18,19). The maximum absolute atomic E-state index is 5.71. The number of nitrogens with zero attached hydrogens (tertiary/aromatic N) is 2. The number of rotatable bonds is 6. The van der Waals surface area contributed by atoms with E-state index in [1.165, 1.54) is 12.7 Å². The van der Waals surface area contributed by atoms with Gasteiger partial charge in [0.1, 0.15) is 18.2 Å². The van der Waals surface area contributed by atoms with Crippen LogP contribution in [0.1, 0.15) is 12.5 Å². The van der Waals surface area contributed by atoms with E-state index in [0.717, 1.165) is 5.75 Å². The summed E-state index contributed by atoms with van der Waals surface area (Å²) in [5, 5.41) is 3.20. The number of aryl methyl sites for hydroxylation is 1. The second-order valence-electron chi connectivity index (χ2n) is 4.82. The Hall–Kier alpha value is -2.50. The van der Waals surface area contributed by atoms with Crippen LogP contribution in [-0.2, 0) is 0 Å². The average molecular weight is 288 g/mol. The smallest absolute Gasteiger partial charge is 0.225 e. The third kappa shape index (κ3) is 4.52. The maximum atomic E-state index is 5.71. The number of nitrogens with one attached hydrogen (secondary N) is 1. The van der Waals surface area contributed by atoms with E-state index in [1.54, 1.807) is 6.07 Å². The van der Waals surface area contributed by atoms with Crippen molar-refractivity contribution in [2.75, 3.05) is 24.8 Å². The Morgan fingerprint density at radius 2 is 1.95 bits per heavy atom. The van der Waals surface area contributed by atoms with Crippen LogP contribution >= 0.6 is 0 Å². The molecule has 0 amide bonds. The zero-order valence-corrected chi connectivity index (χ0v) is 12.5. The molecule has 6 nitrogen and oxygen atoms in total. The molecule has 0 saturated heterocycles. The first-order valence-electron chi connectivity index (χ1n) is 6.71. The van der Waals surface area contributed by atoms with Gasteiger partial charge in [-0.05, 0) is 26.0 Å². The number of aromatic nitrogens is 2. The zero-order chi connectivity index (χ0) is 15.2. The van der Waals surface area contributed by atoms with E-state index in [1.807, 2.05) is 38.1 Å². The molecular formula is C15H20N4O2. The Morgan fingerprint density at radius 1 is 1.24 bits per heavy atom. The van der Waals surface area contributed by atoms with Gasteiger partial charge in [0.25, 0.3) is 0 Å². The first-order chi connectivity index (χ1) is 10.1. The van der Waals surface area contributed by atoms with Gasteiger partial charge in [0.15, 0.2) is 0 Å². The summed E-state index contributed by atoms with van der Waals surface area (Å²) >= 11 is 0. The fourth-order valence-corrected chi connectivity index (χ4v) is 1.77. The zero-order valence-electron chi connectivity index (χ0n) is 12.5. The van der Waals surface area contributed by atoms with Crippen LogP contribution in [0.2, 0.25) is 0 Å². The lowest BCUT2D eigenvalue weighted by Crippen LogP contribution is -2.24. The lowest BCUT2D eigenvalue weighted by molar-refractivity contribution is 0.303. The minimum Gasteiger partial charge on any atom is -0.491 e. The van der Waals surface area contributed by atoms with Crippen LogP contribution in [0, 0.1) is 6.92 Å². The van der Waals surface area contributed by atoms with Crippen molar-refractivity contribution in [1.82, 2.24) is 9.97 Å². The van der Waals surface area contributed by atoms with Gasteiger partial charge in [-0.25, -0.2) is 0 Å². The van der Waals surface area contributed by atoms with Crippen LogP contribution < -0.4 is 20.5 Å². The van der Waals surface area contributed by atoms with E-state index in [4.69, 9.17) is 15.2 Å². The van der Waals surface area contributed by atoms with Crippen LogP contribution in [0.5, 0.6) is 11.6 Å². The van der Waals surface area contributed by atoms with Crippen molar-refractivity contribution in [1.29, 1.82) is 0 Å². The Bertz CT molecular complexity index is 587. The highest BCUT2D eigenvalue weighted by molar-refractivity contribution is 5.43. The molecule has 1 aromatic heterocycles. The summed E-state index contributed by atoms with van der Waals surface area (Å²) in [6, 6.07) is 9.69. The molecule has 1 atom stereocenters. The first kappa shape index (κ1) is 14.9. The van der Waals surface area contributed by atoms with Crippen molar-refractivity contribution in [2.45, 2.75) is 19.9 Å². The summed E-state index contributed by atoms with van der Waals surface area (Å²) in [6.45, 7) is 4.55. The van der Waals surface area contributed by atoms with Gasteiger partial charge in [0.2, 0.25) is 11.8 Å². The van der Waals surface area contributed by atoms with Gasteiger partial charge in [-0.3, -0.25) is 0 Å². The van der Waals surface area contributed by atoms with E-state index < -0.39 is 0 Å². The third-order valence-corrected chi connectivity index (χ3v) is 2.84. The van der Waals surface area contributed by atoms with Crippen LogP contribution in [-0.4, -0.2) is 29.7 Å². The van der Waals surface area contributed by atoms with E-state index in [2.05, 4.69) is 15.3 Å². The van der Waals surface area contributed by atoms with Gasteiger partial charge in [0.05, 0.1) is 13.2 Å². The molecule has 21 heavy (non-hydrogen) atoms. The van der Waals surface area contributed by atoms with Crippen molar-refractivity contribution in [3.63, 3.8) is 0 Å². The highest BCUT2D eigenvalue weighted by Crippen LogP contribution is 2.16. The van der Waals surface area contributed by atoms with E-state index in [0.29, 0.717) is 18.3 Å². The summed E-state index contributed by atoms with van der Waals surface area (Å²) in [7, 11) is 1.54. The minimum atomic E-state index is 0.0605. The number of hydrogen-bond donors (Lipinski definition) is 2. The molecule has 0 saturated carbocycles. The summed E-state index contributed by atoms with van der Waals surface area (Å²) in [4.78, 5) is 8.04. The summed E-state index contributed by atoms with van der Waals surface area (Å²) < 4.78 is 10.8. The molecule has 2 aromatic rings. The molecule has 0 fully saturated rings. The number of ether oxygens (including phenoxy) is 2. The van der Waals surface area contributed by atoms with Crippen molar-refractivity contribution in [3.8, 4) is 11.6 Å². The second-order valence-corrected chi connectivity index (χ2v) is 4.82. The van der Waals surface area contributed by atoms with E-state index in [-0.39, 0.29) is 12.0 Å². The summed E-state index contributed by atoms with van der Waals surface area (Å²) in [5.74, 6) is 2.05. The lowest BCUT2D eigenvalue weighted by atomic mass is 10.2. The molecule has 1 aromatic carbocycles. The molecule has 3 N–H and O–H groups in total. The molecule has 6 heteroatoms. The van der Waals surface area contributed by atoms with E-state index >= 15 is 0 Å². The van der Waals surface area contributed by atoms with Crippen LogP contribution in [0.4, 0.5) is 11.8 Å². The molecule has 0 aliphatic rings. The highest BCUT2D eigenvalue weighted by Gasteiger charge is 2.07. The predicted molar refractivity (Wildman–Crippen MR) is 82.8 cm³/mol. The SMILES string of the molecule is COc1cc(NC(C)COc2ccc(C)cc2)nc(N)n1. The topological polar surface area (TPSA) is 82.3 Å². The predicted octanol–water partition coefficient (Wildman–Crippen LogP) is 2.26. The van der Waals surface area contributed by atoms with Crippen molar-refractivity contribution >= 4 is 11.8 Å². The van der Waals surface area contributed by atoms with Gasteiger partial charge in [-0.15, -0.1) is 0 Å². The fourth-order valence-electron chi connectivity index (χ4n) is 1.77. The molecule has 1 heterocycles. The Kier molecular flexibility index (Phi) is 4.81. The number of methoxy groups -OCH3 is 1. The molecule has 0 aliphatic carbocycles. The molecule has 112 valence electrons. The molecule has 0 bridgehead atoms. The molecule has 0 radical (unpaired) electrons. The van der Waals surface area contributed by atoms with Gasteiger partial charge in [-0.1, -0.05) is 17.7 Å². The summed E-state index contributed by atoms with van der Waals surface area (Å²) in [5.41, 5.74) is 6.82. The van der Waals surface area contributed by atoms with Gasteiger partial charge in [0, 0.05) is 6.07 Å². The Morgan fingerprint density at radius 3 is 2.62 bits per heavy atom. The van der Waals surface area contributed by atoms with Gasteiger partial charge < -0.3 is 20.5 Å². The number of nitrogen functional groups attached to an aromatic ring is 1. The van der Waals surface area contributed by atoms with Crippen molar-refractivity contribution in [3.05, 3.63) is 35.9 Å². The number of benzene rings is 1. The fraction of sp³-hybridized carbons (Fsp3) is 0.333. The van der Waals surface area contributed by atoms with E-state index in [9.17, 15) is 0 Å². The normalized spacial score (nSPS) is 11.8. The van der Waals surface area contributed by atoms with Crippen molar-refractivity contribution < 1.29 is 9.47 Å². The Labute approximate surface area is 124 Å². The van der Waals surface area contributed by atoms with Gasteiger partial charge in [-0.2, -0.15) is 9.97 Å². The molecule has 1 unspecified atom stereocenters. The maximum Gasteiger partial charge on any atom is 0.225 e. The Balaban J connectivity index is 1.90. The molecule has 0 spiro atoms. The van der Waals surface area contributed by atoms with Crippen molar-refractivity contribution in [2.24, 2.45) is 0 Å². The molecule has 0 aliphatic heterocycles. The first-order valence-corrected chi connectivity index (χ1v) is 6.71. The second kappa shape index (κ2) is 6.78. The highest BCUT2D eigenvalue weighted by atomic mass is 16.5. The van der Waals surface area contributed by atoms with Gasteiger partial charge >= 0.3 is 0 Å². The largest absolute Gasteiger partial charge is 0.491 e.